The molecule has 0 aliphatic heterocycles. The highest BCUT2D eigenvalue weighted by Crippen LogP contribution is 2.15. The van der Waals surface area contributed by atoms with Gasteiger partial charge in [0.25, 0.3) is 11.8 Å². The summed E-state index contributed by atoms with van der Waals surface area (Å²) in [4.78, 5) is 50.0. The van der Waals surface area contributed by atoms with E-state index in [0.29, 0.717) is 12.8 Å². The van der Waals surface area contributed by atoms with E-state index >= 15 is 0 Å². The molecule has 0 saturated carbocycles. The smallest absolute Gasteiger partial charge is 0.257 e. The molecule has 0 aliphatic rings. The number of imide groups is 2. The number of nitrogens with one attached hydrogen (secondary N) is 2. The molecule has 6 heteroatoms. The van der Waals surface area contributed by atoms with Gasteiger partial charge >= 0.3 is 0 Å². The molecule has 0 radical (unpaired) electrons. The van der Waals surface area contributed by atoms with Crippen molar-refractivity contribution in [1.82, 2.24) is 10.6 Å². The fourth-order valence-electron chi connectivity index (χ4n) is 6.64. The number of hydrogen-bond acceptors (Lipinski definition) is 4. The highest BCUT2D eigenvalue weighted by atomic mass is 16.2. The van der Waals surface area contributed by atoms with Crippen LogP contribution in [-0.2, 0) is 9.59 Å². The maximum Gasteiger partial charge on any atom is 0.257 e. The van der Waals surface area contributed by atoms with Crippen LogP contribution in [0.2, 0.25) is 0 Å². The molecule has 4 amide bonds. The second-order valence-electron chi connectivity index (χ2n) is 14.7. The molecule has 0 spiro atoms. The number of hydrogen-bond donors (Lipinski definition) is 2. The van der Waals surface area contributed by atoms with Crippen molar-refractivity contribution < 1.29 is 19.2 Å². The van der Waals surface area contributed by atoms with Gasteiger partial charge in [0.05, 0.1) is 0 Å². The molecule has 6 nitrogen and oxygen atoms in total. The fourth-order valence-corrected chi connectivity index (χ4v) is 6.64. The van der Waals surface area contributed by atoms with Gasteiger partial charge in [-0.3, -0.25) is 29.8 Å². The van der Waals surface area contributed by atoms with Crippen LogP contribution >= 0.6 is 0 Å². The van der Waals surface area contributed by atoms with Crippen molar-refractivity contribution in [2.75, 3.05) is 0 Å². The normalized spacial score (nSPS) is 11.1. The van der Waals surface area contributed by atoms with Crippen LogP contribution in [0.3, 0.4) is 0 Å². The van der Waals surface area contributed by atoms with E-state index in [1.807, 2.05) is 0 Å². The molecule has 1 aromatic carbocycles. The van der Waals surface area contributed by atoms with Crippen LogP contribution in [0.25, 0.3) is 0 Å². The van der Waals surface area contributed by atoms with E-state index in [4.69, 9.17) is 0 Å². The lowest BCUT2D eigenvalue weighted by molar-refractivity contribution is -0.121. The number of benzene rings is 1. The Balaban J connectivity index is 2.07. The third-order valence-electron chi connectivity index (χ3n) is 9.91. The predicted molar refractivity (Wildman–Crippen MR) is 210 cm³/mol. The summed E-state index contributed by atoms with van der Waals surface area (Å²) >= 11 is 0. The van der Waals surface area contributed by atoms with E-state index in [-0.39, 0.29) is 22.9 Å². The summed E-state index contributed by atoms with van der Waals surface area (Å²) in [5.41, 5.74) is 0.467. The average molecular weight is 697 g/mol. The van der Waals surface area contributed by atoms with Gasteiger partial charge in [-0.1, -0.05) is 200 Å². The van der Waals surface area contributed by atoms with Crippen LogP contribution in [0, 0.1) is 0 Å². The van der Waals surface area contributed by atoms with Crippen LogP contribution in [-0.4, -0.2) is 23.6 Å². The van der Waals surface area contributed by atoms with Gasteiger partial charge in [-0.25, -0.2) is 0 Å². The Hall–Kier alpha value is -2.50. The Morgan fingerprint density at radius 1 is 0.380 bits per heavy atom. The van der Waals surface area contributed by atoms with E-state index in [2.05, 4.69) is 24.5 Å². The lowest BCUT2D eigenvalue weighted by atomic mass is 10.0. The third-order valence-corrected chi connectivity index (χ3v) is 9.91. The van der Waals surface area contributed by atoms with Gasteiger partial charge in [0, 0.05) is 24.0 Å². The maximum atomic E-state index is 12.7. The van der Waals surface area contributed by atoms with E-state index in [1.54, 1.807) is 18.2 Å². The zero-order valence-corrected chi connectivity index (χ0v) is 32.6. The van der Waals surface area contributed by atoms with Gasteiger partial charge < -0.3 is 0 Å². The molecule has 286 valence electrons. The molecule has 1 rings (SSSR count). The minimum Gasteiger partial charge on any atom is -0.292 e. The monoisotopic (exact) mass is 697 g/mol. The molecule has 0 unspecified atom stereocenters. The predicted octanol–water partition coefficient (Wildman–Crippen LogP) is 12.7. The first kappa shape index (κ1) is 45.5. The SMILES string of the molecule is CCCCCCCCCCCCCCCCCC(=O)NC(=O)c1cccc(C(=O)NC(=O)CCCCCCCCCCCCCCCCC)c1. The average Bonchev–Trinajstić information content (AvgIpc) is 3.11. The van der Waals surface area contributed by atoms with Gasteiger partial charge in [-0.15, -0.1) is 0 Å². The van der Waals surface area contributed by atoms with Crippen LogP contribution in [0.5, 0.6) is 0 Å². The minimum absolute atomic E-state index is 0.234. The molecule has 2 N–H and O–H groups in total. The van der Waals surface area contributed by atoms with Gasteiger partial charge in [0.15, 0.2) is 0 Å². The van der Waals surface area contributed by atoms with Crippen LogP contribution in [0.1, 0.15) is 240 Å². The van der Waals surface area contributed by atoms with E-state index < -0.39 is 11.8 Å². The van der Waals surface area contributed by atoms with E-state index in [0.717, 1.165) is 38.5 Å². The van der Waals surface area contributed by atoms with Crippen molar-refractivity contribution in [1.29, 1.82) is 0 Å². The number of unbranched alkanes of at least 4 members (excludes halogenated alkanes) is 28. The molecule has 0 aromatic heterocycles. The van der Waals surface area contributed by atoms with Crippen molar-refractivity contribution >= 4 is 23.6 Å². The second-order valence-corrected chi connectivity index (χ2v) is 14.7. The summed E-state index contributed by atoms with van der Waals surface area (Å²) in [5, 5.41) is 4.90. The first-order chi connectivity index (χ1) is 24.5. The Morgan fingerprint density at radius 3 is 0.880 bits per heavy atom. The molecule has 1 aromatic rings. The van der Waals surface area contributed by atoms with Gasteiger partial charge in [-0.05, 0) is 31.0 Å². The summed E-state index contributed by atoms with van der Waals surface area (Å²) < 4.78 is 0. The second kappa shape index (κ2) is 33.6. The van der Waals surface area contributed by atoms with E-state index in [9.17, 15) is 19.2 Å². The van der Waals surface area contributed by atoms with Crippen LogP contribution in [0.15, 0.2) is 24.3 Å². The first-order valence-electron chi connectivity index (χ1n) is 21.3. The lowest BCUT2D eigenvalue weighted by Crippen LogP contribution is -2.32. The van der Waals surface area contributed by atoms with Crippen LogP contribution < -0.4 is 10.6 Å². The van der Waals surface area contributed by atoms with Crippen molar-refractivity contribution in [3.8, 4) is 0 Å². The quantitative estimate of drug-likeness (QED) is 0.0702. The van der Waals surface area contributed by atoms with Gasteiger partial charge in [0.2, 0.25) is 11.8 Å². The Bertz CT molecular complexity index is 932. The number of rotatable bonds is 34. The summed E-state index contributed by atoms with van der Waals surface area (Å²) in [6.07, 6.45) is 38.6. The van der Waals surface area contributed by atoms with Gasteiger partial charge in [0.1, 0.15) is 0 Å². The summed E-state index contributed by atoms with van der Waals surface area (Å²) in [7, 11) is 0. The van der Waals surface area contributed by atoms with Gasteiger partial charge in [-0.2, -0.15) is 0 Å². The van der Waals surface area contributed by atoms with E-state index in [1.165, 1.54) is 160 Å². The zero-order chi connectivity index (χ0) is 36.3. The van der Waals surface area contributed by atoms with Crippen molar-refractivity contribution in [2.45, 2.75) is 219 Å². The topological polar surface area (TPSA) is 92.3 Å². The Kier molecular flexibility index (Phi) is 30.6. The highest BCUT2D eigenvalue weighted by molar-refractivity contribution is 6.08. The molecule has 0 fully saturated rings. The highest BCUT2D eigenvalue weighted by Gasteiger charge is 2.15. The number of carbonyl (C=O) groups excluding carboxylic acids is 4. The molecule has 0 atom stereocenters. The molecule has 0 saturated heterocycles. The number of amides is 4. The molecule has 0 bridgehead atoms. The molecular formula is C44H76N2O4. The van der Waals surface area contributed by atoms with Crippen LogP contribution in [0.4, 0.5) is 0 Å². The maximum absolute atomic E-state index is 12.7. The largest absolute Gasteiger partial charge is 0.292 e. The summed E-state index contributed by atoms with van der Waals surface area (Å²) in [6.45, 7) is 4.53. The lowest BCUT2D eigenvalue weighted by Gasteiger charge is -2.08. The summed E-state index contributed by atoms with van der Waals surface area (Å²) in [6, 6.07) is 6.18. The van der Waals surface area contributed by atoms with Crippen molar-refractivity contribution in [3.63, 3.8) is 0 Å². The number of carbonyl (C=O) groups is 4. The third kappa shape index (κ3) is 27.3. The zero-order valence-electron chi connectivity index (χ0n) is 32.6. The molecule has 50 heavy (non-hydrogen) atoms. The summed E-state index contributed by atoms with van der Waals surface area (Å²) in [5.74, 6) is -1.62. The van der Waals surface area contributed by atoms with Crippen molar-refractivity contribution in [3.05, 3.63) is 35.4 Å². The molecule has 0 heterocycles. The Labute approximate surface area is 307 Å². The standard InChI is InChI=1S/C44H76N2O4/c1-3-5-7-9-11-13-15-17-19-21-23-25-27-29-31-36-41(47)45-43(49)39-34-33-35-40(38-39)44(50)46-42(48)37-32-30-28-26-24-22-20-18-16-14-12-10-8-6-4-2/h33-35,38H,3-32,36-37H2,1-2H3,(H,45,47,49)(H,46,48,50). The molecule has 0 aliphatic carbocycles. The van der Waals surface area contributed by atoms with Crippen molar-refractivity contribution in [2.24, 2.45) is 0 Å². The molecular weight excluding hydrogens is 620 g/mol. The Morgan fingerprint density at radius 2 is 0.620 bits per heavy atom. The minimum atomic E-state index is -0.519. The first-order valence-corrected chi connectivity index (χ1v) is 21.3. The fraction of sp³-hybridized carbons (Fsp3) is 0.773.